The molecule has 0 fully saturated rings. The summed E-state index contributed by atoms with van der Waals surface area (Å²) in [4.78, 5) is 10.7. The number of hydrogen-bond acceptors (Lipinski definition) is 5. The highest BCUT2D eigenvalue weighted by Gasteiger charge is 2.15. The molecule has 0 aromatic heterocycles. The van der Waals surface area contributed by atoms with Crippen molar-refractivity contribution in [3.05, 3.63) is 58.1 Å². The summed E-state index contributed by atoms with van der Waals surface area (Å²) in [6, 6.07) is 12.0. The number of nitro groups is 1. The summed E-state index contributed by atoms with van der Waals surface area (Å²) < 4.78 is 5.00. The predicted molar refractivity (Wildman–Crippen MR) is 80.2 cm³/mol. The summed E-state index contributed by atoms with van der Waals surface area (Å²) in [6.07, 6.45) is 0.542. The molecule has 0 saturated heterocycles. The number of rotatable bonds is 6. The molecule has 2 rings (SSSR count). The molecule has 6 heteroatoms. The molecule has 0 radical (unpaired) electrons. The fourth-order valence-electron chi connectivity index (χ4n) is 1.98. The molecule has 6 nitrogen and oxygen atoms in total. The lowest BCUT2D eigenvalue weighted by molar-refractivity contribution is -0.384. The summed E-state index contributed by atoms with van der Waals surface area (Å²) in [7, 11) is 1.46. The highest BCUT2D eigenvalue weighted by atomic mass is 16.6. The average Bonchev–Trinajstić information content (AvgIpc) is 2.48. The molecule has 0 amide bonds. The van der Waals surface area contributed by atoms with Gasteiger partial charge in [-0.2, -0.15) is 0 Å². The molecule has 0 atom stereocenters. The third-order valence-electron chi connectivity index (χ3n) is 3.01. The number of hydrogen-bond donors (Lipinski definition) is 2. The maximum Gasteiger partial charge on any atom is 0.296 e. The normalized spacial score (nSPS) is 10.2. The molecule has 2 N–H and O–H groups in total. The molecule has 0 bridgehead atoms. The van der Waals surface area contributed by atoms with Crippen molar-refractivity contribution < 1.29 is 14.8 Å². The van der Waals surface area contributed by atoms with Crippen LogP contribution in [0.4, 0.5) is 17.1 Å². The molecule has 2 aromatic rings. The monoisotopic (exact) mass is 288 g/mol. The minimum Gasteiger partial charge on any atom is -0.496 e. The van der Waals surface area contributed by atoms with Crippen LogP contribution in [0.5, 0.6) is 5.75 Å². The Morgan fingerprint density at radius 2 is 2.10 bits per heavy atom. The number of anilines is 2. The lowest BCUT2D eigenvalue weighted by atomic mass is 10.1. The van der Waals surface area contributed by atoms with Crippen molar-refractivity contribution in [2.24, 2.45) is 0 Å². The van der Waals surface area contributed by atoms with Gasteiger partial charge in [-0.05, 0) is 36.2 Å². The number of benzene rings is 2. The lowest BCUT2D eigenvalue weighted by Crippen LogP contribution is -1.99. The van der Waals surface area contributed by atoms with Crippen LogP contribution >= 0.6 is 0 Å². The summed E-state index contributed by atoms with van der Waals surface area (Å²) in [5.74, 6) is 0.432. The van der Waals surface area contributed by atoms with Crippen molar-refractivity contribution in [2.45, 2.75) is 6.42 Å². The number of aliphatic hydroxyl groups excluding tert-OH is 1. The number of aliphatic hydroxyl groups is 1. The van der Waals surface area contributed by atoms with Crippen LogP contribution in [-0.2, 0) is 6.42 Å². The molecule has 0 aliphatic rings. The van der Waals surface area contributed by atoms with Gasteiger partial charge in [0.1, 0.15) is 11.4 Å². The molecule has 0 aliphatic carbocycles. The zero-order valence-corrected chi connectivity index (χ0v) is 11.6. The van der Waals surface area contributed by atoms with E-state index < -0.39 is 4.92 Å². The minimum absolute atomic E-state index is 0.0538. The smallest absolute Gasteiger partial charge is 0.296 e. The van der Waals surface area contributed by atoms with Gasteiger partial charge in [0.2, 0.25) is 0 Å². The second-order valence-electron chi connectivity index (χ2n) is 4.44. The Bertz CT molecular complexity index is 643. The highest BCUT2D eigenvalue weighted by molar-refractivity contribution is 5.71. The topological polar surface area (TPSA) is 84.6 Å². The van der Waals surface area contributed by atoms with Gasteiger partial charge in [-0.3, -0.25) is 10.1 Å². The first-order valence-corrected chi connectivity index (χ1v) is 6.43. The second-order valence-corrected chi connectivity index (χ2v) is 4.44. The molecule has 2 aromatic carbocycles. The molecule has 0 aliphatic heterocycles. The predicted octanol–water partition coefficient (Wildman–Crippen LogP) is 2.88. The van der Waals surface area contributed by atoms with Crippen LogP contribution < -0.4 is 10.1 Å². The Hall–Kier alpha value is -2.60. The van der Waals surface area contributed by atoms with E-state index in [-0.39, 0.29) is 12.3 Å². The SMILES string of the molecule is COc1ccc(Nc2cccc(CCO)c2)c([N+](=O)[O-])c1. The second kappa shape index (κ2) is 6.71. The number of ether oxygens (including phenoxy) is 1. The van der Waals surface area contributed by atoms with Gasteiger partial charge in [-0.15, -0.1) is 0 Å². The largest absolute Gasteiger partial charge is 0.496 e. The molecular weight excluding hydrogens is 272 g/mol. The fraction of sp³-hybridized carbons (Fsp3) is 0.200. The van der Waals surface area contributed by atoms with Gasteiger partial charge in [-0.1, -0.05) is 12.1 Å². The maximum atomic E-state index is 11.1. The van der Waals surface area contributed by atoms with Crippen molar-refractivity contribution in [2.75, 3.05) is 19.0 Å². The maximum absolute atomic E-state index is 11.1. The molecule has 110 valence electrons. The first kappa shape index (κ1) is 14.8. The van der Waals surface area contributed by atoms with E-state index in [9.17, 15) is 10.1 Å². The van der Waals surface area contributed by atoms with Crippen LogP contribution in [0.1, 0.15) is 5.56 Å². The Labute approximate surface area is 122 Å². The van der Waals surface area contributed by atoms with E-state index in [1.165, 1.54) is 13.2 Å². The fourth-order valence-corrected chi connectivity index (χ4v) is 1.98. The van der Waals surface area contributed by atoms with Gasteiger partial charge in [0, 0.05) is 12.3 Å². The van der Waals surface area contributed by atoms with Crippen molar-refractivity contribution in [3.63, 3.8) is 0 Å². The summed E-state index contributed by atoms with van der Waals surface area (Å²) in [5, 5.41) is 23.1. The van der Waals surface area contributed by atoms with Crippen molar-refractivity contribution in [1.29, 1.82) is 0 Å². The van der Waals surface area contributed by atoms with Gasteiger partial charge in [0.25, 0.3) is 5.69 Å². The molecule has 0 spiro atoms. The van der Waals surface area contributed by atoms with Crippen molar-refractivity contribution >= 4 is 17.1 Å². The summed E-state index contributed by atoms with van der Waals surface area (Å²) >= 11 is 0. The van der Waals surface area contributed by atoms with Gasteiger partial charge in [0.15, 0.2) is 0 Å². The van der Waals surface area contributed by atoms with Crippen LogP contribution in [0.15, 0.2) is 42.5 Å². The quantitative estimate of drug-likeness (QED) is 0.630. The number of nitrogens with zero attached hydrogens (tertiary/aromatic N) is 1. The Morgan fingerprint density at radius 1 is 1.29 bits per heavy atom. The summed E-state index contributed by atoms with van der Waals surface area (Å²) in [6.45, 7) is 0.0616. The van der Waals surface area contributed by atoms with E-state index in [4.69, 9.17) is 9.84 Å². The lowest BCUT2D eigenvalue weighted by Gasteiger charge is -2.09. The standard InChI is InChI=1S/C15H16N2O4/c1-21-13-5-6-14(15(10-13)17(19)20)16-12-4-2-3-11(9-12)7-8-18/h2-6,9-10,16,18H,7-8H2,1H3. The minimum atomic E-state index is -0.456. The summed E-state index contributed by atoms with van der Waals surface area (Å²) in [5.41, 5.74) is 2.02. The van der Waals surface area contributed by atoms with E-state index >= 15 is 0 Å². The van der Waals surface area contributed by atoms with Crippen LogP contribution in [0.25, 0.3) is 0 Å². The van der Waals surface area contributed by atoms with Gasteiger partial charge >= 0.3 is 0 Å². The number of nitrogens with one attached hydrogen (secondary N) is 1. The molecule has 0 unspecified atom stereocenters. The highest BCUT2D eigenvalue weighted by Crippen LogP contribution is 2.31. The number of nitro benzene ring substituents is 1. The molecular formula is C15H16N2O4. The van der Waals surface area contributed by atoms with E-state index in [0.29, 0.717) is 17.9 Å². The third-order valence-corrected chi connectivity index (χ3v) is 3.01. The Balaban J connectivity index is 2.30. The van der Waals surface area contributed by atoms with E-state index in [0.717, 1.165) is 11.3 Å². The number of methoxy groups -OCH3 is 1. The first-order chi connectivity index (χ1) is 10.1. The van der Waals surface area contributed by atoms with Gasteiger partial charge < -0.3 is 15.2 Å². The molecule has 0 saturated carbocycles. The zero-order chi connectivity index (χ0) is 15.2. The van der Waals surface area contributed by atoms with Crippen LogP contribution in [0, 0.1) is 10.1 Å². The van der Waals surface area contributed by atoms with Crippen LogP contribution in [0.3, 0.4) is 0 Å². The Kier molecular flexibility index (Phi) is 4.73. The van der Waals surface area contributed by atoms with Gasteiger partial charge in [0.05, 0.1) is 18.1 Å². The average molecular weight is 288 g/mol. The molecule has 21 heavy (non-hydrogen) atoms. The van der Waals surface area contributed by atoms with E-state index in [2.05, 4.69) is 5.32 Å². The van der Waals surface area contributed by atoms with Crippen LogP contribution in [-0.4, -0.2) is 23.7 Å². The van der Waals surface area contributed by atoms with E-state index in [1.807, 2.05) is 24.3 Å². The zero-order valence-electron chi connectivity index (χ0n) is 11.6. The van der Waals surface area contributed by atoms with Crippen LogP contribution in [0.2, 0.25) is 0 Å². The Morgan fingerprint density at radius 3 is 2.76 bits per heavy atom. The molecule has 0 heterocycles. The van der Waals surface area contributed by atoms with Crippen molar-refractivity contribution in [3.8, 4) is 5.75 Å². The van der Waals surface area contributed by atoms with E-state index in [1.54, 1.807) is 12.1 Å². The third kappa shape index (κ3) is 3.70. The van der Waals surface area contributed by atoms with Gasteiger partial charge in [-0.25, -0.2) is 0 Å². The van der Waals surface area contributed by atoms with Crippen molar-refractivity contribution in [1.82, 2.24) is 0 Å². The first-order valence-electron chi connectivity index (χ1n) is 6.43.